The molecule has 1 saturated carbocycles. The Morgan fingerprint density at radius 2 is 1.67 bits per heavy atom. The maximum Gasteiger partial charge on any atom is 0.306 e. The van der Waals surface area contributed by atoms with Crippen LogP contribution in [0.5, 0.6) is 0 Å². The number of esters is 1. The smallest absolute Gasteiger partial charge is 0.306 e. The molecule has 1 aliphatic carbocycles. The van der Waals surface area contributed by atoms with Crippen LogP contribution in [0, 0.1) is 0 Å². The van der Waals surface area contributed by atoms with Crippen molar-refractivity contribution in [2.75, 3.05) is 0 Å². The summed E-state index contributed by atoms with van der Waals surface area (Å²) in [4.78, 5) is 11.8. The van der Waals surface area contributed by atoms with Crippen LogP contribution < -0.4 is 0 Å². The van der Waals surface area contributed by atoms with Gasteiger partial charge >= 0.3 is 5.97 Å². The number of ether oxygens (including phenoxy) is 1. The minimum absolute atomic E-state index is 0.0121. The molecule has 0 heterocycles. The maximum atomic E-state index is 11.8. The van der Waals surface area contributed by atoms with E-state index < -0.39 is 0 Å². The maximum absolute atomic E-state index is 11.8. The molecule has 0 aliphatic heterocycles. The van der Waals surface area contributed by atoms with Gasteiger partial charge in [-0.2, -0.15) is 0 Å². The molecule has 0 amide bonds. The topological polar surface area (TPSA) is 46.5 Å². The predicted octanol–water partition coefficient (Wildman–Crippen LogP) is 6.87. The van der Waals surface area contributed by atoms with Crippen molar-refractivity contribution in [3.63, 3.8) is 0 Å². The van der Waals surface area contributed by atoms with E-state index in [0.29, 0.717) is 6.42 Å². The number of aliphatic hydroxyl groups is 1. The van der Waals surface area contributed by atoms with Crippen molar-refractivity contribution in [1.29, 1.82) is 0 Å². The third kappa shape index (κ3) is 14.8. The van der Waals surface area contributed by atoms with Gasteiger partial charge in [-0.15, -0.1) is 0 Å². The van der Waals surface area contributed by atoms with Crippen LogP contribution in [0.25, 0.3) is 0 Å². The van der Waals surface area contributed by atoms with Gasteiger partial charge < -0.3 is 9.84 Å². The normalized spacial score (nSPS) is 16.7. The molecule has 0 radical (unpaired) electrons. The van der Waals surface area contributed by atoms with Crippen molar-refractivity contribution in [3.8, 4) is 0 Å². The summed E-state index contributed by atoms with van der Waals surface area (Å²) in [6, 6.07) is 0. The van der Waals surface area contributed by atoms with Gasteiger partial charge in [-0.05, 0) is 57.8 Å². The molecule has 0 aromatic carbocycles. The highest BCUT2D eigenvalue weighted by Gasteiger charge is 2.17. The van der Waals surface area contributed by atoms with Crippen LogP contribution in [0.3, 0.4) is 0 Å². The molecule has 27 heavy (non-hydrogen) atoms. The molecule has 3 nitrogen and oxygen atoms in total. The van der Waals surface area contributed by atoms with Crippen LogP contribution in [0.15, 0.2) is 12.2 Å². The average Bonchev–Trinajstić information content (AvgIpc) is 2.67. The molecule has 3 heteroatoms. The monoisotopic (exact) mass is 380 g/mol. The van der Waals surface area contributed by atoms with Crippen molar-refractivity contribution >= 4 is 5.97 Å². The Kier molecular flexibility index (Phi) is 15.5. The Morgan fingerprint density at radius 3 is 2.44 bits per heavy atom. The number of hydrogen-bond donors (Lipinski definition) is 1. The Hall–Kier alpha value is -0.830. The van der Waals surface area contributed by atoms with Crippen LogP contribution in [0.2, 0.25) is 0 Å². The van der Waals surface area contributed by atoms with E-state index in [4.69, 9.17) is 4.74 Å². The second-order valence-electron chi connectivity index (χ2n) is 8.27. The number of carbonyl (C=O) groups is 1. The predicted molar refractivity (Wildman–Crippen MR) is 114 cm³/mol. The Labute approximate surface area is 168 Å². The van der Waals surface area contributed by atoms with Gasteiger partial charge in [-0.3, -0.25) is 4.79 Å². The first-order chi connectivity index (χ1) is 13.2. The molecular formula is C24H44O3. The van der Waals surface area contributed by atoms with E-state index in [1.54, 1.807) is 0 Å². The zero-order chi connectivity index (χ0) is 19.6. The van der Waals surface area contributed by atoms with Gasteiger partial charge in [0.05, 0.1) is 6.10 Å². The summed E-state index contributed by atoms with van der Waals surface area (Å²) < 4.78 is 5.55. The first kappa shape index (κ1) is 24.2. The lowest BCUT2D eigenvalue weighted by Crippen LogP contribution is -2.20. The van der Waals surface area contributed by atoms with E-state index >= 15 is 0 Å². The summed E-state index contributed by atoms with van der Waals surface area (Å²) in [7, 11) is 0. The van der Waals surface area contributed by atoms with Gasteiger partial charge in [0.25, 0.3) is 0 Å². The molecule has 1 rings (SSSR count). The van der Waals surface area contributed by atoms with Crippen molar-refractivity contribution in [2.24, 2.45) is 0 Å². The molecule has 1 unspecified atom stereocenters. The summed E-state index contributed by atoms with van der Waals surface area (Å²) in [5, 5.41) is 9.91. The molecule has 1 aliphatic rings. The Balaban J connectivity index is 1.84. The third-order valence-corrected chi connectivity index (χ3v) is 5.57. The van der Waals surface area contributed by atoms with Crippen LogP contribution in [0.4, 0.5) is 0 Å². The minimum atomic E-state index is -0.161. The number of rotatable bonds is 16. The van der Waals surface area contributed by atoms with Crippen LogP contribution in [-0.2, 0) is 9.53 Å². The summed E-state index contributed by atoms with van der Waals surface area (Å²) >= 11 is 0. The summed E-state index contributed by atoms with van der Waals surface area (Å²) in [5.74, 6) is 0.0121. The Morgan fingerprint density at radius 1 is 0.963 bits per heavy atom. The fraction of sp³-hybridized carbons (Fsp3) is 0.875. The number of carbonyl (C=O) groups excluding carboxylic acids is 1. The Bertz CT molecular complexity index is 372. The fourth-order valence-corrected chi connectivity index (χ4v) is 3.79. The lowest BCUT2D eigenvalue weighted by atomic mass is 9.98. The number of aliphatic hydroxyl groups excluding tert-OH is 1. The highest BCUT2D eigenvalue weighted by molar-refractivity contribution is 5.69. The number of allylic oxidation sites excluding steroid dienone is 1. The molecule has 0 aromatic rings. The summed E-state index contributed by atoms with van der Waals surface area (Å²) in [5.41, 5.74) is 0. The quantitative estimate of drug-likeness (QED) is 0.180. The molecule has 1 atom stereocenters. The van der Waals surface area contributed by atoms with Crippen LogP contribution >= 0.6 is 0 Å². The first-order valence-corrected chi connectivity index (χ1v) is 11.7. The molecule has 0 aromatic heterocycles. The van der Waals surface area contributed by atoms with E-state index in [0.717, 1.165) is 51.4 Å². The second-order valence-corrected chi connectivity index (χ2v) is 8.27. The molecule has 1 fully saturated rings. The standard InChI is InChI=1S/C24H44O3/c1-2-3-4-12-17-22(25)18-13-9-7-5-6-8-10-16-21-24(26)27-23-19-14-11-15-20-23/h9,13,22-23,25H,2-8,10-12,14-21H2,1H3/b13-9+. The highest BCUT2D eigenvalue weighted by atomic mass is 16.5. The third-order valence-electron chi connectivity index (χ3n) is 5.57. The van der Waals surface area contributed by atoms with E-state index in [9.17, 15) is 9.90 Å². The summed E-state index contributed by atoms with van der Waals surface area (Å²) in [6.07, 6.45) is 24.3. The fourth-order valence-electron chi connectivity index (χ4n) is 3.79. The van der Waals surface area contributed by atoms with Gasteiger partial charge in [-0.1, -0.05) is 70.4 Å². The van der Waals surface area contributed by atoms with Crippen molar-refractivity contribution < 1.29 is 14.6 Å². The van der Waals surface area contributed by atoms with Crippen LogP contribution in [-0.4, -0.2) is 23.3 Å². The zero-order valence-corrected chi connectivity index (χ0v) is 17.8. The summed E-state index contributed by atoms with van der Waals surface area (Å²) in [6.45, 7) is 2.21. The van der Waals surface area contributed by atoms with Gasteiger partial charge in [0.2, 0.25) is 0 Å². The number of hydrogen-bond acceptors (Lipinski definition) is 3. The highest BCUT2D eigenvalue weighted by Crippen LogP contribution is 2.21. The van der Waals surface area contributed by atoms with E-state index in [1.165, 1.54) is 57.8 Å². The lowest BCUT2D eigenvalue weighted by Gasteiger charge is -2.21. The minimum Gasteiger partial charge on any atom is -0.462 e. The van der Waals surface area contributed by atoms with Gasteiger partial charge in [-0.25, -0.2) is 0 Å². The zero-order valence-electron chi connectivity index (χ0n) is 17.8. The largest absolute Gasteiger partial charge is 0.462 e. The van der Waals surface area contributed by atoms with Crippen molar-refractivity contribution in [1.82, 2.24) is 0 Å². The molecule has 158 valence electrons. The first-order valence-electron chi connectivity index (χ1n) is 11.7. The second kappa shape index (κ2) is 17.3. The number of unbranched alkanes of at least 4 members (excludes halogenated alkanes) is 8. The molecule has 0 bridgehead atoms. The lowest BCUT2D eigenvalue weighted by molar-refractivity contribution is -0.150. The SMILES string of the molecule is CCCCCCC(O)C/C=C/CCCCCCCC(=O)OC1CCCCC1. The van der Waals surface area contributed by atoms with E-state index in [1.807, 2.05) is 0 Å². The average molecular weight is 381 g/mol. The van der Waals surface area contributed by atoms with Gasteiger partial charge in [0, 0.05) is 6.42 Å². The van der Waals surface area contributed by atoms with E-state index in [2.05, 4.69) is 19.1 Å². The molecular weight excluding hydrogens is 336 g/mol. The van der Waals surface area contributed by atoms with Crippen molar-refractivity contribution in [3.05, 3.63) is 12.2 Å². The van der Waals surface area contributed by atoms with Crippen molar-refractivity contribution in [2.45, 2.75) is 135 Å². The van der Waals surface area contributed by atoms with Gasteiger partial charge in [0.15, 0.2) is 0 Å². The molecule has 0 spiro atoms. The van der Waals surface area contributed by atoms with Crippen LogP contribution in [0.1, 0.15) is 122 Å². The molecule has 1 N–H and O–H groups in total. The van der Waals surface area contributed by atoms with Gasteiger partial charge in [0.1, 0.15) is 6.10 Å². The van der Waals surface area contributed by atoms with E-state index in [-0.39, 0.29) is 18.2 Å². The molecule has 0 saturated heterocycles.